The maximum atomic E-state index is 14.6. The molecule has 0 amide bonds. The second-order valence-corrected chi connectivity index (χ2v) is 10.5. The van der Waals surface area contributed by atoms with Gasteiger partial charge in [-0.25, -0.2) is 9.37 Å². The molecule has 33 heavy (non-hydrogen) atoms. The molecule has 1 aromatic carbocycles. The largest absolute Gasteiger partial charge is 0.370 e. The quantitative estimate of drug-likeness (QED) is 0.670. The Labute approximate surface area is 196 Å². The van der Waals surface area contributed by atoms with Crippen LogP contribution in [-0.4, -0.2) is 52.1 Å². The highest BCUT2D eigenvalue weighted by Crippen LogP contribution is 2.38. The molecule has 7 nitrogen and oxygen atoms in total. The number of likely N-dealkylation sites (tertiary alicyclic amines) is 1. The molecule has 2 fully saturated rings. The number of hydrogen-bond donors (Lipinski definition) is 2. The number of piperidine rings is 1. The lowest BCUT2D eigenvalue weighted by molar-refractivity contribution is -0.00778. The van der Waals surface area contributed by atoms with E-state index in [4.69, 9.17) is 0 Å². The van der Waals surface area contributed by atoms with Gasteiger partial charge in [-0.15, -0.1) is 0 Å². The van der Waals surface area contributed by atoms with Gasteiger partial charge in [-0.1, -0.05) is 0 Å². The Balaban J connectivity index is 1.52. The molecule has 0 aliphatic carbocycles. The lowest BCUT2D eigenvalue weighted by Gasteiger charge is -2.53. The average molecular weight is 452 g/mol. The van der Waals surface area contributed by atoms with Crippen LogP contribution in [-0.2, 0) is 0 Å². The molecule has 4 rings (SSSR count). The third-order valence-electron chi connectivity index (χ3n) is 7.21. The van der Waals surface area contributed by atoms with Gasteiger partial charge in [0.2, 0.25) is 5.95 Å². The summed E-state index contributed by atoms with van der Waals surface area (Å²) in [6, 6.07) is 8.05. The molecule has 2 aliphatic rings. The number of hydrogen-bond acceptors (Lipinski definition) is 7. The molecule has 1 aromatic heterocycles. The summed E-state index contributed by atoms with van der Waals surface area (Å²) in [5.74, 6) is 0.0168. The van der Waals surface area contributed by atoms with E-state index in [9.17, 15) is 9.65 Å². The summed E-state index contributed by atoms with van der Waals surface area (Å²) in [5, 5.41) is 16.1. The molecule has 0 spiro atoms. The van der Waals surface area contributed by atoms with E-state index in [0.717, 1.165) is 44.5 Å². The molecule has 0 atom stereocenters. The summed E-state index contributed by atoms with van der Waals surface area (Å²) in [6.45, 7) is 10.8. The number of aromatic nitrogens is 2. The molecular weight excluding hydrogens is 417 g/mol. The van der Waals surface area contributed by atoms with Crippen molar-refractivity contribution in [3.05, 3.63) is 35.8 Å². The molecule has 2 N–H and O–H groups in total. The Kier molecular flexibility index (Phi) is 6.19. The fraction of sp³-hybridized carbons (Fsp3) is 0.560. The zero-order chi connectivity index (χ0) is 23.8. The van der Waals surface area contributed by atoms with E-state index in [1.165, 1.54) is 6.20 Å². The van der Waals surface area contributed by atoms with Crippen molar-refractivity contribution in [1.82, 2.24) is 14.9 Å². The van der Waals surface area contributed by atoms with Gasteiger partial charge in [0.05, 0.1) is 17.4 Å². The normalized spacial score (nSPS) is 20.5. The topological polar surface area (TPSA) is 80.1 Å². The lowest BCUT2D eigenvalue weighted by atomic mass is 9.77. The van der Waals surface area contributed by atoms with Crippen LogP contribution in [0, 0.1) is 17.1 Å². The number of benzene rings is 1. The van der Waals surface area contributed by atoms with Gasteiger partial charge in [0.25, 0.3) is 0 Å². The van der Waals surface area contributed by atoms with Crippen molar-refractivity contribution in [3.8, 4) is 6.07 Å². The Hall–Kier alpha value is -2.92. The van der Waals surface area contributed by atoms with Crippen LogP contribution in [0.5, 0.6) is 0 Å². The van der Waals surface area contributed by atoms with Crippen LogP contribution in [0.4, 0.5) is 27.5 Å². The minimum absolute atomic E-state index is 0.0191. The van der Waals surface area contributed by atoms with Crippen LogP contribution in [0.1, 0.15) is 58.9 Å². The van der Waals surface area contributed by atoms with Gasteiger partial charge in [-0.05, 0) is 78.6 Å². The predicted molar refractivity (Wildman–Crippen MR) is 130 cm³/mol. The third-order valence-corrected chi connectivity index (χ3v) is 7.21. The molecule has 0 bridgehead atoms. The van der Waals surface area contributed by atoms with Crippen LogP contribution in [0.15, 0.2) is 24.4 Å². The van der Waals surface area contributed by atoms with E-state index in [1.807, 2.05) is 12.1 Å². The van der Waals surface area contributed by atoms with Gasteiger partial charge in [0.15, 0.2) is 11.6 Å². The van der Waals surface area contributed by atoms with Crippen molar-refractivity contribution in [1.29, 1.82) is 5.26 Å². The number of nitrogens with one attached hydrogen (secondary N) is 2. The van der Waals surface area contributed by atoms with Gasteiger partial charge < -0.3 is 15.5 Å². The van der Waals surface area contributed by atoms with Gasteiger partial charge in [-0.3, -0.25) is 4.90 Å². The summed E-state index contributed by atoms with van der Waals surface area (Å²) in [7, 11) is 2.15. The van der Waals surface area contributed by atoms with Crippen LogP contribution >= 0.6 is 0 Å². The highest BCUT2D eigenvalue weighted by Gasteiger charge is 2.43. The summed E-state index contributed by atoms with van der Waals surface area (Å²) >= 11 is 0. The molecule has 176 valence electrons. The fourth-order valence-corrected chi connectivity index (χ4v) is 5.26. The van der Waals surface area contributed by atoms with E-state index in [0.29, 0.717) is 17.2 Å². The van der Waals surface area contributed by atoms with Gasteiger partial charge in [-0.2, -0.15) is 10.2 Å². The van der Waals surface area contributed by atoms with Crippen molar-refractivity contribution in [2.24, 2.45) is 0 Å². The SMILES string of the molecule is CN1C(C)(C)CC(Nc2nc(Nc3ccc(N4CCCC4)c(C#N)c3)ncc2F)CC1(C)C. The Bertz CT molecular complexity index is 1040. The van der Waals surface area contributed by atoms with Crippen LogP contribution in [0.2, 0.25) is 0 Å². The molecule has 0 unspecified atom stereocenters. The first-order chi connectivity index (χ1) is 15.6. The molecular formula is C25H34FN7. The number of anilines is 4. The third kappa shape index (κ3) is 4.88. The minimum atomic E-state index is -0.475. The summed E-state index contributed by atoms with van der Waals surface area (Å²) < 4.78 is 14.6. The van der Waals surface area contributed by atoms with Crippen molar-refractivity contribution in [2.45, 2.75) is 70.5 Å². The summed E-state index contributed by atoms with van der Waals surface area (Å²) in [4.78, 5) is 13.2. The maximum absolute atomic E-state index is 14.6. The number of nitrogens with zero attached hydrogens (tertiary/aromatic N) is 5. The average Bonchev–Trinajstić information content (AvgIpc) is 3.28. The van der Waals surface area contributed by atoms with E-state index < -0.39 is 5.82 Å². The smallest absolute Gasteiger partial charge is 0.229 e. The van der Waals surface area contributed by atoms with Gasteiger partial charge in [0, 0.05) is 35.9 Å². The van der Waals surface area contributed by atoms with E-state index in [1.54, 1.807) is 6.07 Å². The number of rotatable bonds is 5. The highest BCUT2D eigenvalue weighted by atomic mass is 19.1. The zero-order valence-electron chi connectivity index (χ0n) is 20.2. The molecule has 2 aliphatic heterocycles. The number of nitriles is 1. The van der Waals surface area contributed by atoms with Crippen LogP contribution < -0.4 is 15.5 Å². The van der Waals surface area contributed by atoms with Gasteiger partial charge in [0.1, 0.15) is 6.07 Å². The second kappa shape index (κ2) is 8.79. The Morgan fingerprint density at radius 3 is 2.42 bits per heavy atom. The first-order valence-corrected chi connectivity index (χ1v) is 11.7. The molecule has 0 saturated carbocycles. The lowest BCUT2D eigenvalue weighted by Crippen LogP contribution is -2.61. The molecule has 8 heteroatoms. The molecule has 3 heterocycles. The van der Waals surface area contributed by atoms with Crippen molar-refractivity contribution in [3.63, 3.8) is 0 Å². The standard InChI is InChI=1S/C25H34FN7/c1-24(2)13-19(14-25(3,4)32(24)5)29-22-20(26)16-28-23(31-22)30-18-8-9-21(17(12-18)15-27)33-10-6-7-11-33/h8-9,12,16,19H,6-7,10-11,13-14H2,1-5H3,(H2,28,29,30,31). The Morgan fingerprint density at radius 2 is 1.79 bits per heavy atom. The highest BCUT2D eigenvalue weighted by molar-refractivity contribution is 5.68. The fourth-order valence-electron chi connectivity index (χ4n) is 5.26. The van der Waals surface area contributed by atoms with E-state index in [-0.39, 0.29) is 22.9 Å². The first-order valence-electron chi connectivity index (χ1n) is 11.7. The van der Waals surface area contributed by atoms with Crippen molar-refractivity contribution < 1.29 is 4.39 Å². The second-order valence-electron chi connectivity index (χ2n) is 10.5. The predicted octanol–water partition coefficient (Wildman–Crippen LogP) is 4.89. The van der Waals surface area contributed by atoms with E-state index in [2.05, 4.69) is 71.2 Å². The summed E-state index contributed by atoms with van der Waals surface area (Å²) in [5.41, 5.74) is 2.23. The van der Waals surface area contributed by atoms with Gasteiger partial charge >= 0.3 is 0 Å². The van der Waals surface area contributed by atoms with Crippen LogP contribution in [0.3, 0.4) is 0 Å². The van der Waals surface area contributed by atoms with Crippen molar-refractivity contribution in [2.75, 3.05) is 35.7 Å². The maximum Gasteiger partial charge on any atom is 0.229 e. The van der Waals surface area contributed by atoms with E-state index >= 15 is 0 Å². The summed E-state index contributed by atoms with van der Waals surface area (Å²) in [6.07, 6.45) is 5.24. The monoisotopic (exact) mass is 451 g/mol. The molecule has 0 radical (unpaired) electrons. The first kappa shape index (κ1) is 23.2. The van der Waals surface area contributed by atoms with Crippen molar-refractivity contribution >= 4 is 23.1 Å². The van der Waals surface area contributed by atoms with Crippen LogP contribution in [0.25, 0.3) is 0 Å². The number of halogens is 1. The molecule has 2 aromatic rings. The minimum Gasteiger partial charge on any atom is -0.370 e. The molecule has 2 saturated heterocycles. The zero-order valence-corrected chi connectivity index (χ0v) is 20.2. The Morgan fingerprint density at radius 1 is 1.12 bits per heavy atom.